The number of hydrogen-bond donors (Lipinski definition) is 1. The standard InChI is InChI=1S/C19H29NO5/c1-5-25-18(21)11-15(14-7-6-8-14)20-12-13-9-16(22-2)19(24-4)17(10-13)23-3/h9-10,14-15,20H,5-8,11-12H2,1-4H3. The number of carbonyl (C=O) groups excluding carboxylic acids is 1. The highest BCUT2D eigenvalue weighted by atomic mass is 16.5. The number of methoxy groups -OCH3 is 3. The number of benzene rings is 1. The van der Waals surface area contributed by atoms with Crippen molar-refractivity contribution in [3.63, 3.8) is 0 Å². The average Bonchev–Trinajstić information content (AvgIpc) is 2.57. The predicted octanol–water partition coefficient (Wildman–Crippen LogP) is 2.92. The zero-order valence-corrected chi connectivity index (χ0v) is 15.6. The van der Waals surface area contributed by atoms with Crippen LogP contribution in [0.25, 0.3) is 0 Å². The molecule has 1 N–H and O–H groups in total. The molecule has 1 unspecified atom stereocenters. The Morgan fingerprint density at radius 2 is 1.80 bits per heavy atom. The van der Waals surface area contributed by atoms with Gasteiger partial charge in [0.1, 0.15) is 0 Å². The predicted molar refractivity (Wildman–Crippen MR) is 95.3 cm³/mol. The normalized spacial score (nSPS) is 15.2. The molecule has 0 saturated heterocycles. The molecule has 1 aromatic carbocycles. The molecule has 6 heteroatoms. The van der Waals surface area contributed by atoms with Gasteiger partial charge in [-0.15, -0.1) is 0 Å². The van der Waals surface area contributed by atoms with Crippen LogP contribution in [0.1, 0.15) is 38.2 Å². The summed E-state index contributed by atoms with van der Waals surface area (Å²) in [5, 5.41) is 3.51. The fourth-order valence-corrected chi connectivity index (χ4v) is 3.13. The molecule has 0 aromatic heterocycles. The molecule has 0 radical (unpaired) electrons. The third-order valence-electron chi connectivity index (χ3n) is 4.70. The van der Waals surface area contributed by atoms with Gasteiger partial charge in [-0.1, -0.05) is 6.42 Å². The second-order valence-electron chi connectivity index (χ2n) is 6.22. The van der Waals surface area contributed by atoms with E-state index in [2.05, 4.69) is 5.32 Å². The molecule has 1 atom stereocenters. The minimum Gasteiger partial charge on any atom is -0.493 e. The minimum absolute atomic E-state index is 0.131. The van der Waals surface area contributed by atoms with E-state index in [0.717, 1.165) is 18.4 Å². The number of hydrogen-bond acceptors (Lipinski definition) is 6. The maximum absolute atomic E-state index is 11.9. The van der Waals surface area contributed by atoms with E-state index in [1.54, 1.807) is 21.3 Å². The molecule has 0 bridgehead atoms. The summed E-state index contributed by atoms with van der Waals surface area (Å²) in [6.45, 7) is 2.87. The summed E-state index contributed by atoms with van der Waals surface area (Å²) < 4.78 is 21.3. The summed E-state index contributed by atoms with van der Waals surface area (Å²) in [5.41, 5.74) is 1.02. The largest absolute Gasteiger partial charge is 0.493 e. The molecule has 0 heterocycles. The lowest BCUT2D eigenvalue weighted by molar-refractivity contribution is -0.144. The first-order valence-corrected chi connectivity index (χ1v) is 8.80. The van der Waals surface area contributed by atoms with Crippen LogP contribution in [0.5, 0.6) is 17.2 Å². The van der Waals surface area contributed by atoms with Crippen molar-refractivity contribution in [1.29, 1.82) is 0 Å². The Balaban J connectivity index is 2.07. The molecule has 1 aromatic rings. The summed E-state index contributed by atoms with van der Waals surface area (Å²) in [6, 6.07) is 3.99. The number of nitrogens with one attached hydrogen (secondary N) is 1. The third kappa shape index (κ3) is 5.01. The van der Waals surface area contributed by atoms with Gasteiger partial charge in [-0.05, 0) is 43.4 Å². The Kier molecular flexibility index (Phi) is 7.37. The number of rotatable bonds is 10. The van der Waals surface area contributed by atoms with Gasteiger partial charge >= 0.3 is 5.97 Å². The Hall–Kier alpha value is -1.95. The highest BCUT2D eigenvalue weighted by Crippen LogP contribution is 2.38. The van der Waals surface area contributed by atoms with Crippen molar-refractivity contribution in [2.24, 2.45) is 5.92 Å². The summed E-state index contributed by atoms with van der Waals surface area (Å²) in [6.07, 6.45) is 3.96. The van der Waals surface area contributed by atoms with Crippen LogP contribution in [0.3, 0.4) is 0 Å². The first-order valence-electron chi connectivity index (χ1n) is 8.80. The highest BCUT2D eigenvalue weighted by Gasteiger charge is 2.29. The second-order valence-corrected chi connectivity index (χ2v) is 6.22. The molecule has 6 nitrogen and oxygen atoms in total. The SMILES string of the molecule is CCOC(=O)CC(NCc1cc(OC)c(OC)c(OC)c1)C1CCC1. The molecule has 25 heavy (non-hydrogen) atoms. The topological polar surface area (TPSA) is 66.0 Å². The van der Waals surface area contributed by atoms with Crippen molar-refractivity contribution in [2.45, 2.75) is 45.2 Å². The smallest absolute Gasteiger partial charge is 0.307 e. The molecule has 0 aliphatic heterocycles. The van der Waals surface area contributed by atoms with Crippen molar-refractivity contribution in [3.05, 3.63) is 17.7 Å². The van der Waals surface area contributed by atoms with Crippen molar-refractivity contribution >= 4 is 5.97 Å². The van der Waals surface area contributed by atoms with E-state index >= 15 is 0 Å². The quantitative estimate of drug-likeness (QED) is 0.654. The van der Waals surface area contributed by atoms with Crippen LogP contribution in [-0.2, 0) is 16.1 Å². The lowest BCUT2D eigenvalue weighted by atomic mass is 9.78. The Morgan fingerprint density at radius 3 is 2.24 bits per heavy atom. The van der Waals surface area contributed by atoms with Crippen molar-refractivity contribution < 1.29 is 23.7 Å². The lowest BCUT2D eigenvalue weighted by Gasteiger charge is -2.34. The van der Waals surface area contributed by atoms with Gasteiger partial charge in [0.05, 0.1) is 34.4 Å². The maximum atomic E-state index is 11.9. The molecule has 1 aliphatic carbocycles. The van der Waals surface area contributed by atoms with Crippen LogP contribution in [0.2, 0.25) is 0 Å². The number of ether oxygens (including phenoxy) is 4. The van der Waals surface area contributed by atoms with E-state index in [1.807, 2.05) is 19.1 Å². The number of esters is 1. The highest BCUT2D eigenvalue weighted by molar-refractivity contribution is 5.70. The van der Waals surface area contributed by atoms with E-state index < -0.39 is 0 Å². The van der Waals surface area contributed by atoms with Gasteiger partial charge in [-0.2, -0.15) is 0 Å². The van der Waals surface area contributed by atoms with E-state index in [9.17, 15) is 4.79 Å². The molecule has 0 spiro atoms. The first-order chi connectivity index (χ1) is 12.1. The molecule has 1 fully saturated rings. The molecule has 0 amide bonds. The molecular formula is C19H29NO5. The van der Waals surface area contributed by atoms with Crippen LogP contribution >= 0.6 is 0 Å². The van der Waals surface area contributed by atoms with Crippen LogP contribution in [0.4, 0.5) is 0 Å². The fraction of sp³-hybridized carbons (Fsp3) is 0.632. The fourth-order valence-electron chi connectivity index (χ4n) is 3.13. The minimum atomic E-state index is -0.142. The number of carbonyl (C=O) groups is 1. The second kappa shape index (κ2) is 9.51. The zero-order chi connectivity index (χ0) is 18.2. The van der Waals surface area contributed by atoms with Crippen LogP contribution in [0.15, 0.2) is 12.1 Å². The monoisotopic (exact) mass is 351 g/mol. The van der Waals surface area contributed by atoms with Crippen molar-refractivity contribution in [1.82, 2.24) is 5.32 Å². The van der Waals surface area contributed by atoms with E-state index in [-0.39, 0.29) is 12.0 Å². The summed E-state index contributed by atoms with van der Waals surface area (Å²) in [7, 11) is 4.79. The lowest BCUT2D eigenvalue weighted by Crippen LogP contribution is -2.41. The van der Waals surface area contributed by atoms with Crippen molar-refractivity contribution in [3.8, 4) is 17.2 Å². The summed E-state index contributed by atoms with van der Waals surface area (Å²) in [5.74, 6) is 2.23. The van der Waals surface area contributed by atoms with Gasteiger partial charge in [0.25, 0.3) is 0 Å². The van der Waals surface area contributed by atoms with E-state index in [4.69, 9.17) is 18.9 Å². The van der Waals surface area contributed by atoms with Gasteiger partial charge in [-0.3, -0.25) is 4.79 Å². The molecule has 1 aliphatic rings. The average molecular weight is 351 g/mol. The Labute approximate surface area is 149 Å². The molecular weight excluding hydrogens is 322 g/mol. The Morgan fingerprint density at radius 1 is 1.16 bits per heavy atom. The van der Waals surface area contributed by atoms with Crippen LogP contribution in [-0.4, -0.2) is 39.9 Å². The van der Waals surface area contributed by atoms with Crippen molar-refractivity contribution in [2.75, 3.05) is 27.9 Å². The van der Waals surface area contributed by atoms with Gasteiger partial charge in [0, 0.05) is 12.6 Å². The molecule has 140 valence electrons. The van der Waals surface area contributed by atoms with Crippen LogP contribution in [0, 0.1) is 5.92 Å². The Bertz CT molecular complexity index is 546. The summed E-state index contributed by atoms with van der Waals surface area (Å²) in [4.78, 5) is 11.9. The third-order valence-corrected chi connectivity index (χ3v) is 4.70. The van der Waals surface area contributed by atoms with Gasteiger partial charge in [-0.25, -0.2) is 0 Å². The first kappa shape index (κ1) is 19.4. The summed E-state index contributed by atoms with van der Waals surface area (Å²) >= 11 is 0. The van der Waals surface area contributed by atoms with Gasteiger partial charge in [0.15, 0.2) is 11.5 Å². The molecule has 2 rings (SSSR count). The van der Waals surface area contributed by atoms with Crippen LogP contribution < -0.4 is 19.5 Å². The zero-order valence-electron chi connectivity index (χ0n) is 15.6. The van der Waals surface area contributed by atoms with E-state index in [0.29, 0.717) is 42.7 Å². The van der Waals surface area contributed by atoms with Gasteiger partial charge in [0.2, 0.25) is 5.75 Å². The molecule has 1 saturated carbocycles. The van der Waals surface area contributed by atoms with Gasteiger partial charge < -0.3 is 24.3 Å². The maximum Gasteiger partial charge on any atom is 0.307 e. The van der Waals surface area contributed by atoms with E-state index in [1.165, 1.54) is 6.42 Å².